The number of benzene rings is 3. The average Bonchev–Trinajstić information content (AvgIpc) is 2.94. The van der Waals surface area contributed by atoms with Crippen molar-refractivity contribution in [2.24, 2.45) is 0 Å². The van der Waals surface area contributed by atoms with Crippen LogP contribution in [0.4, 0.5) is 15.8 Å². The third kappa shape index (κ3) is 3.84. The van der Waals surface area contributed by atoms with Gasteiger partial charge in [0.25, 0.3) is 11.8 Å². The first-order valence-corrected chi connectivity index (χ1v) is 10.1. The van der Waals surface area contributed by atoms with Gasteiger partial charge in [-0.25, -0.2) is 9.29 Å². The van der Waals surface area contributed by atoms with Crippen LogP contribution < -0.4 is 10.2 Å². The molecule has 156 valence electrons. The van der Waals surface area contributed by atoms with Crippen molar-refractivity contribution >= 4 is 40.4 Å². The van der Waals surface area contributed by atoms with E-state index in [9.17, 15) is 14.0 Å². The molecule has 6 heteroatoms. The van der Waals surface area contributed by atoms with Gasteiger partial charge in [0.05, 0.1) is 16.3 Å². The molecule has 0 aliphatic carbocycles. The number of carbonyl (C=O) groups is 2. The quantitative estimate of drug-likeness (QED) is 0.528. The van der Waals surface area contributed by atoms with Crippen molar-refractivity contribution in [3.8, 4) is 0 Å². The summed E-state index contributed by atoms with van der Waals surface area (Å²) >= 11 is 5.91. The maximum absolute atomic E-state index is 13.7. The van der Waals surface area contributed by atoms with Gasteiger partial charge in [-0.15, -0.1) is 0 Å². The van der Waals surface area contributed by atoms with E-state index in [0.717, 1.165) is 27.7 Å². The Hall–Kier alpha value is -3.44. The summed E-state index contributed by atoms with van der Waals surface area (Å²) in [6.45, 7) is 5.80. The first kappa shape index (κ1) is 20.8. The van der Waals surface area contributed by atoms with Crippen molar-refractivity contribution in [2.45, 2.75) is 20.8 Å². The van der Waals surface area contributed by atoms with Gasteiger partial charge < -0.3 is 5.32 Å². The fourth-order valence-corrected chi connectivity index (χ4v) is 3.89. The summed E-state index contributed by atoms with van der Waals surface area (Å²) in [4.78, 5) is 27.9. The molecule has 0 bridgehead atoms. The second kappa shape index (κ2) is 8.00. The normalized spacial score (nSPS) is 13.9. The molecule has 0 saturated heterocycles. The largest absolute Gasteiger partial charge is 0.350 e. The van der Waals surface area contributed by atoms with Crippen LogP contribution in [-0.4, -0.2) is 11.8 Å². The van der Waals surface area contributed by atoms with E-state index < -0.39 is 17.6 Å². The van der Waals surface area contributed by atoms with Crippen LogP contribution in [0.1, 0.15) is 22.3 Å². The molecule has 1 N–H and O–H groups in total. The van der Waals surface area contributed by atoms with Gasteiger partial charge in [0.2, 0.25) is 0 Å². The molecule has 0 radical (unpaired) electrons. The molecule has 31 heavy (non-hydrogen) atoms. The van der Waals surface area contributed by atoms with Crippen LogP contribution in [-0.2, 0) is 9.59 Å². The summed E-state index contributed by atoms with van der Waals surface area (Å²) in [6.07, 6.45) is 0. The van der Waals surface area contributed by atoms with Crippen LogP contribution in [0.25, 0.3) is 5.57 Å². The number of aryl methyl sites for hydroxylation is 3. The Labute approximate surface area is 185 Å². The molecule has 1 heterocycles. The van der Waals surface area contributed by atoms with E-state index in [-0.39, 0.29) is 22.0 Å². The number of hydrogen-bond acceptors (Lipinski definition) is 3. The lowest BCUT2D eigenvalue weighted by atomic mass is 9.97. The highest BCUT2D eigenvalue weighted by atomic mass is 35.5. The first-order valence-electron chi connectivity index (χ1n) is 9.75. The van der Waals surface area contributed by atoms with E-state index in [4.69, 9.17) is 11.6 Å². The minimum absolute atomic E-state index is 0.161. The molecular formula is C25H20ClFN2O2. The lowest BCUT2D eigenvalue weighted by molar-refractivity contribution is -0.120. The number of nitrogens with zero attached hydrogens (tertiary/aromatic N) is 1. The molecule has 0 fully saturated rings. The highest BCUT2D eigenvalue weighted by Gasteiger charge is 2.41. The minimum atomic E-state index is -0.620. The molecule has 2 amide bonds. The monoisotopic (exact) mass is 434 g/mol. The average molecular weight is 435 g/mol. The molecule has 4 nitrogen and oxygen atoms in total. The Morgan fingerprint density at radius 2 is 1.61 bits per heavy atom. The van der Waals surface area contributed by atoms with E-state index in [1.165, 1.54) is 12.1 Å². The summed E-state index contributed by atoms with van der Waals surface area (Å²) in [5.41, 5.74) is 4.94. The summed E-state index contributed by atoms with van der Waals surface area (Å²) in [7, 11) is 0. The predicted molar refractivity (Wildman–Crippen MR) is 122 cm³/mol. The Bertz CT molecular complexity index is 1270. The molecule has 0 atom stereocenters. The van der Waals surface area contributed by atoms with Gasteiger partial charge in [0, 0.05) is 5.69 Å². The number of carbonyl (C=O) groups excluding carboxylic acids is 2. The molecule has 0 unspecified atom stereocenters. The van der Waals surface area contributed by atoms with Crippen LogP contribution in [0.3, 0.4) is 0 Å². The number of halogens is 2. The topological polar surface area (TPSA) is 49.4 Å². The van der Waals surface area contributed by atoms with Crippen LogP contribution in [0, 0.1) is 26.6 Å². The molecule has 0 spiro atoms. The molecular weight excluding hydrogens is 415 g/mol. The maximum Gasteiger partial charge on any atom is 0.282 e. The zero-order valence-electron chi connectivity index (χ0n) is 17.3. The Morgan fingerprint density at radius 3 is 2.29 bits per heavy atom. The SMILES string of the molecule is Cc1cccc(NC2=C(c3ccc(C)cc3C)C(=O)N(c3ccc(F)c(Cl)c3)C2=O)c1. The number of anilines is 2. The van der Waals surface area contributed by atoms with Gasteiger partial charge in [0.1, 0.15) is 11.5 Å². The van der Waals surface area contributed by atoms with Gasteiger partial charge in [-0.1, -0.05) is 47.5 Å². The summed E-state index contributed by atoms with van der Waals surface area (Å²) < 4.78 is 13.7. The van der Waals surface area contributed by atoms with E-state index >= 15 is 0 Å². The Kier molecular flexibility index (Phi) is 5.38. The summed E-state index contributed by atoms with van der Waals surface area (Å²) in [5, 5.41) is 2.98. The molecule has 0 saturated carbocycles. The zero-order valence-corrected chi connectivity index (χ0v) is 18.0. The van der Waals surface area contributed by atoms with Crippen LogP contribution in [0.15, 0.2) is 66.4 Å². The number of nitrogens with one attached hydrogen (secondary N) is 1. The van der Waals surface area contributed by atoms with E-state index in [1.54, 1.807) is 0 Å². The van der Waals surface area contributed by atoms with Crippen molar-refractivity contribution < 1.29 is 14.0 Å². The van der Waals surface area contributed by atoms with Crippen molar-refractivity contribution in [1.29, 1.82) is 0 Å². The minimum Gasteiger partial charge on any atom is -0.350 e. The Balaban J connectivity index is 1.87. The fraction of sp³-hybridized carbons (Fsp3) is 0.120. The first-order chi connectivity index (χ1) is 14.8. The second-order valence-corrected chi connectivity index (χ2v) is 8.01. The highest BCUT2D eigenvalue weighted by molar-refractivity contribution is 6.46. The molecule has 1 aliphatic heterocycles. The number of amides is 2. The lowest BCUT2D eigenvalue weighted by Crippen LogP contribution is -2.32. The van der Waals surface area contributed by atoms with Crippen molar-refractivity contribution in [3.05, 3.63) is 99.5 Å². The third-order valence-corrected chi connectivity index (χ3v) is 5.47. The van der Waals surface area contributed by atoms with E-state index in [1.807, 2.05) is 63.2 Å². The number of imide groups is 1. The van der Waals surface area contributed by atoms with Crippen molar-refractivity contribution in [2.75, 3.05) is 10.2 Å². The fourth-order valence-electron chi connectivity index (χ4n) is 3.72. The van der Waals surface area contributed by atoms with Crippen LogP contribution in [0.5, 0.6) is 0 Å². The van der Waals surface area contributed by atoms with Crippen molar-refractivity contribution in [1.82, 2.24) is 0 Å². The van der Waals surface area contributed by atoms with E-state index in [2.05, 4.69) is 5.32 Å². The third-order valence-electron chi connectivity index (χ3n) is 5.18. The number of hydrogen-bond donors (Lipinski definition) is 1. The molecule has 0 aromatic heterocycles. The van der Waals surface area contributed by atoms with Gasteiger partial charge in [0.15, 0.2) is 0 Å². The molecule has 4 rings (SSSR count). The zero-order chi connectivity index (χ0) is 22.3. The van der Waals surface area contributed by atoms with Crippen LogP contribution in [0.2, 0.25) is 5.02 Å². The Morgan fingerprint density at radius 1 is 0.871 bits per heavy atom. The molecule has 3 aromatic carbocycles. The van der Waals surface area contributed by atoms with E-state index in [0.29, 0.717) is 11.3 Å². The van der Waals surface area contributed by atoms with Gasteiger partial charge in [-0.2, -0.15) is 0 Å². The highest BCUT2D eigenvalue weighted by Crippen LogP contribution is 2.36. The second-order valence-electron chi connectivity index (χ2n) is 7.61. The molecule has 3 aromatic rings. The van der Waals surface area contributed by atoms with Crippen molar-refractivity contribution in [3.63, 3.8) is 0 Å². The standard InChI is InChI=1S/C25H20ClFN2O2/c1-14-5-4-6-17(12-14)28-23-22(19-9-7-15(2)11-16(19)3)24(30)29(25(23)31)18-8-10-21(27)20(26)13-18/h4-13,28H,1-3H3. The summed E-state index contributed by atoms with van der Waals surface area (Å²) in [5.74, 6) is -1.64. The molecule has 1 aliphatic rings. The smallest absolute Gasteiger partial charge is 0.282 e. The lowest BCUT2D eigenvalue weighted by Gasteiger charge is -2.16. The number of rotatable bonds is 4. The summed E-state index contributed by atoms with van der Waals surface area (Å²) in [6, 6.07) is 17.0. The van der Waals surface area contributed by atoms with Gasteiger partial charge in [-0.3, -0.25) is 9.59 Å². The van der Waals surface area contributed by atoms with Gasteiger partial charge in [-0.05, 0) is 67.8 Å². The van der Waals surface area contributed by atoms with Crippen LogP contribution >= 0.6 is 11.6 Å². The predicted octanol–water partition coefficient (Wildman–Crippen LogP) is 5.80. The van der Waals surface area contributed by atoms with Gasteiger partial charge >= 0.3 is 0 Å². The maximum atomic E-state index is 13.7.